The minimum atomic E-state index is 0. The molecular weight excluding hydrogens is 477 g/mol. The molecule has 0 saturated carbocycles. The summed E-state index contributed by atoms with van der Waals surface area (Å²) in [5, 5.41) is 3.12. The zero-order valence-electron chi connectivity index (χ0n) is 15.0. The smallest absolute Gasteiger partial charge is 0.191 e. The topological polar surface area (TPSA) is 57.8 Å². The van der Waals surface area contributed by atoms with Crippen LogP contribution in [0.25, 0.3) is 0 Å². The maximum Gasteiger partial charge on any atom is 0.191 e. The van der Waals surface area contributed by atoms with Crippen molar-refractivity contribution in [1.29, 1.82) is 0 Å². The number of aliphatic imine (C=N–C) groups is 1. The van der Waals surface area contributed by atoms with E-state index in [0.717, 1.165) is 49.4 Å². The number of anilines is 1. The van der Waals surface area contributed by atoms with Crippen LogP contribution < -0.4 is 10.6 Å². The van der Waals surface area contributed by atoms with E-state index in [1.165, 1.54) is 11.1 Å². The molecule has 0 spiro atoms. The van der Waals surface area contributed by atoms with Crippen LogP contribution in [0.5, 0.6) is 0 Å². The van der Waals surface area contributed by atoms with E-state index in [1.54, 1.807) is 11.3 Å². The van der Waals surface area contributed by atoms with Gasteiger partial charge in [0.1, 0.15) is 0 Å². The van der Waals surface area contributed by atoms with Crippen molar-refractivity contribution in [3.05, 3.63) is 47.0 Å². The number of piperazine rings is 1. The predicted molar refractivity (Wildman–Crippen MR) is 125 cm³/mol. The molecule has 2 heterocycles. The van der Waals surface area contributed by atoms with Gasteiger partial charge in [-0.3, -0.25) is 4.99 Å². The number of halogens is 1. The number of thiazole rings is 1. The van der Waals surface area contributed by atoms with Crippen LogP contribution >= 0.6 is 47.1 Å². The monoisotopic (exact) mass is 503 g/mol. The van der Waals surface area contributed by atoms with Crippen molar-refractivity contribution in [1.82, 2.24) is 9.88 Å². The Kier molecular flexibility index (Phi) is 9.00. The molecule has 1 aromatic carbocycles. The first kappa shape index (κ1) is 21.3. The van der Waals surface area contributed by atoms with Crippen molar-refractivity contribution in [2.45, 2.75) is 12.7 Å². The van der Waals surface area contributed by atoms with Crippen LogP contribution in [0.1, 0.15) is 11.1 Å². The standard InChI is InChI=1S/C18H25N5S2.HI/c1-15-2-4-16(5-3-15)14-24-12-6-20-17(19)22-8-10-23(11-9-22)18-21-7-13-25-18;/h2-5,7,13H,6,8-12,14H2,1H3,(H2,19,20);1H. The molecule has 1 fully saturated rings. The Morgan fingerprint density at radius 3 is 2.62 bits per heavy atom. The van der Waals surface area contributed by atoms with E-state index in [9.17, 15) is 0 Å². The summed E-state index contributed by atoms with van der Waals surface area (Å²) in [6, 6.07) is 8.72. The van der Waals surface area contributed by atoms with Gasteiger partial charge in [-0.15, -0.1) is 35.3 Å². The number of aryl methyl sites for hydroxylation is 1. The zero-order chi connectivity index (χ0) is 17.5. The minimum Gasteiger partial charge on any atom is -0.370 e. The number of nitrogens with zero attached hydrogens (tertiary/aromatic N) is 4. The van der Waals surface area contributed by atoms with Crippen LogP contribution in [-0.2, 0) is 5.75 Å². The Morgan fingerprint density at radius 2 is 1.96 bits per heavy atom. The lowest BCUT2D eigenvalue weighted by Crippen LogP contribution is -2.51. The van der Waals surface area contributed by atoms with E-state index in [0.29, 0.717) is 5.96 Å². The van der Waals surface area contributed by atoms with Gasteiger partial charge in [-0.05, 0) is 12.5 Å². The fourth-order valence-corrected chi connectivity index (χ4v) is 4.19. The number of hydrogen-bond acceptors (Lipinski definition) is 5. The Hall–Kier alpha value is -1.00. The van der Waals surface area contributed by atoms with Crippen molar-refractivity contribution >= 4 is 58.2 Å². The molecule has 0 aliphatic carbocycles. The maximum absolute atomic E-state index is 6.16. The number of nitrogens with two attached hydrogens (primary N) is 1. The zero-order valence-corrected chi connectivity index (χ0v) is 19.0. The molecule has 0 unspecified atom stereocenters. The molecule has 3 rings (SSSR count). The van der Waals surface area contributed by atoms with Crippen LogP contribution in [0.2, 0.25) is 0 Å². The highest BCUT2D eigenvalue weighted by molar-refractivity contribution is 14.0. The maximum atomic E-state index is 6.16. The normalized spacial score (nSPS) is 15.0. The quantitative estimate of drug-likeness (QED) is 0.283. The van der Waals surface area contributed by atoms with Gasteiger partial charge in [0.05, 0.1) is 6.54 Å². The summed E-state index contributed by atoms with van der Waals surface area (Å²) in [4.78, 5) is 13.4. The van der Waals surface area contributed by atoms with Gasteiger partial charge < -0.3 is 15.5 Å². The summed E-state index contributed by atoms with van der Waals surface area (Å²) in [5.41, 5.74) is 8.83. The Balaban J connectivity index is 0.00000243. The molecule has 0 atom stereocenters. The molecule has 2 aromatic rings. The van der Waals surface area contributed by atoms with Crippen LogP contribution in [-0.4, -0.2) is 54.3 Å². The first-order valence-corrected chi connectivity index (χ1v) is 10.6. The largest absolute Gasteiger partial charge is 0.370 e. The molecule has 5 nitrogen and oxygen atoms in total. The second-order valence-electron chi connectivity index (χ2n) is 6.07. The summed E-state index contributed by atoms with van der Waals surface area (Å²) in [7, 11) is 0. The highest BCUT2D eigenvalue weighted by Gasteiger charge is 2.19. The van der Waals surface area contributed by atoms with E-state index in [2.05, 4.69) is 51.0 Å². The van der Waals surface area contributed by atoms with Gasteiger partial charge in [-0.25, -0.2) is 4.98 Å². The van der Waals surface area contributed by atoms with E-state index in [1.807, 2.05) is 23.3 Å². The van der Waals surface area contributed by atoms with Crippen molar-refractivity contribution in [3.63, 3.8) is 0 Å². The predicted octanol–water partition coefficient (Wildman–Crippen LogP) is 3.44. The molecule has 8 heteroatoms. The van der Waals surface area contributed by atoms with Crippen molar-refractivity contribution in [3.8, 4) is 0 Å². The second kappa shape index (κ2) is 11.0. The minimum absolute atomic E-state index is 0. The van der Waals surface area contributed by atoms with Gasteiger partial charge in [0, 0.05) is 49.3 Å². The van der Waals surface area contributed by atoms with Crippen molar-refractivity contribution in [2.24, 2.45) is 10.7 Å². The molecular formula is C18H26IN5S2. The second-order valence-corrected chi connectivity index (χ2v) is 8.05. The summed E-state index contributed by atoms with van der Waals surface area (Å²) >= 11 is 3.59. The van der Waals surface area contributed by atoms with Crippen LogP contribution in [0, 0.1) is 6.92 Å². The number of aromatic nitrogens is 1. The highest BCUT2D eigenvalue weighted by Crippen LogP contribution is 2.18. The molecule has 0 amide bonds. The fourth-order valence-electron chi connectivity index (χ4n) is 2.70. The SMILES string of the molecule is Cc1ccc(CSCCN=C(N)N2CCN(c3nccs3)CC2)cc1.I. The molecule has 1 aliphatic rings. The number of thioether (sulfide) groups is 1. The average molecular weight is 503 g/mol. The first-order valence-electron chi connectivity index (χ1n) is 8.55. The third kappa shape index (κ3) is 6.31. The fraction of sp³-hybridized carbons (Fsp3) is 0.444. The van der Waals surface area contributed by atoms with Gasteiger partial charge in [0.25, 0.3) is 0 Å². The van der Waals surface area contributed by atoms with Gasteiger partial charge >= 0.3 is 0 Å². The third-order valence-corrected chi connectivity index (χ3v) is 6.03. The van der Waals surface area contributed by atoms with Crippen molar-refractivity contribution in [2.75, 3.05) is 43.4 Å². The average Bonchev–Trinajstić information content (AvgIpc) is 3.18. The lowest BCUT2D eigenvalue weighted by molar-refractivity contribution is 0.381. The van der Waals surface area contributed by atoms with Crippen LogP contribution in [0.3, 0.4) is 0 Å². The Morgan fingerprint density at radius 1 is 1.23 bits per heavy atom. The molecule has 0 bridgehead atoms. The van der Waals surface area contributed by atoms with Gasteiger partial charge in [-0.2, -0.15) is 11.8 Å². The van der Waals surface area contributed by atoms with E-state index < -0.39 is 0 Å². The Labute approximate surface area is 181 Å². The summed E-state index contributed by atoms with van der Waals surface area (Å²) in [6.45, 7) is 6.61. The van der Waals surface area contributed by atoms with Gasteiger partial charge in [0.2, 0.25) is 0 Å². The summed E-state index contributed by atoms with van der Waals surface area (Å²) < 4.78 is 0. The van der Waals surface area contributed by atoms with Crippen LogP contribution in [0.15, 0.2) is 40.8 Å². The van der Waals surface area contributed by atoms with Gasteiger partial charge in [-0.1, -0.05) is 29.8 Å². The number of benzene rings is 1. The van der Waals surface area contributed by atoms with Gasteiger partial charge in [0.15, 0.2) is 11.1 Å². The third-order valence-electron chi connectivity index (χ3n) is 4.19. The number of hydrogen-bond donors (Lipinski definition) is 1. The lowest BCUT2D eigenvalue weighted by atomic mass is 10.2. The van der Waals surface area contributed by atoms with E-state index in [-0.39, 0.29) is 24.0 Å². The van der Waals surface area contributed by atoms with E-state index >= 15 is 0 Å². The first-order chi connectivity index (χ1) is 12.2. The van der Waals surface area contributed by atoms with Crippen molar-refractivity contribution < 1.29 is 0 Å². The molecule has 142 valence electrons. The molecule has 1 aliphatic heterocycles. The molecule has 0 radical (unpaired) electrons. The molecule has 26 heavy (non-hydrogen) atoms. The van der Waals surface area contributed by atoms with Crippen LogP contribution in [0.4, 0.5) is 5.13 Å². The number of guanidine groups is 1. The molecule has 1 aromatic heterocycles. The molecule has 2 N–H and O–H groups in total. The summed E-state index contributed by atoms with van der Waals surface area (Å²) in [6.07, 6.45) is 1.86. The Bertz CT molecular complexity index is 667. The number of rotatable bonds is 6. The summed E-state index contributed by atoms with van der Waals surface area (Å²) in [5.74, 6) is 2.70. The lowest BCUT2D eigenvalue weighted by Gasteiger charge is -2.35. The molecule has 1 saturated heterocycles. The van der Waals surface area contributed by atoms with E-state index in [4.69, 9.17) is 5.73 Å². The highest BCUT2D eigenvalue weighted by atomic mass is 127.